The van der Waals surface area contributed by atoms with Crippen molar-refractivity contribution < 1.29 is 29.4 Å². The van der Waals surface area contributed by atoms with Gasteiger partial charge in [0.25, 0.3) is 5.91 Å². The van der Waals surface area contributed by atoms with Crippen LogP contribution in [0.15, 0.2) is 66.7 Å². The van der Waals surface area contributed by atoms with E-state index in [1.165, 1.54) is 12.0 Å². The normalized spacial score (nSPS) is 26.4. The average molecular weight is 784 g/mol. The van der Waals surface area contributed by atoms with E-state index in [0.717, 1.165) is 35.2 Å². The number of carbonyl (C=O) groups is 2. The number of hydrogen-bond acceptors (Lipinski definition) is 9. The van der Waals surface area contributed by atoms with Crippen molar-refractivity contribution in [2.24, 2.45) is 29.1 Å². The number of para-hydroxylation sites is 1. The van der Waals surface area contributed by atoms with Crippen LogP contribution >= 0.6 is 0 Å². The molecule has 0 spiro atoms. The summed E-state index contributed by atoms with van der Waals surface area (Å²) in [6.07, 6.45) is 1.19. The number of ether oxygens (including phenoxy) is 1. The molecular formula is C46H65N5O6. The fourth-order valence-electron chi connectivity index (χ4n) is 9.98. The molecule has 4 aliphatic rings. The Morgan fingerprint density at radius 3 is 2.33 bits per heavy atom. The number of carbonyl (C=O) groups excluding carboxylic acids is 2. The summed E-state index contributed by atoms with van der Waals surface area (Å²) >= 11 is 0. The van der Waals surface area contributed by atoms with Crippen LogP contribution in [-0.4, -0.2) is 123 Å². The first-order chi connectivity index (χ1) is 27.0. The second-order valence-electron chi connectivity index (χ2n) is 17.9. The number of nitrogens with one attached hydrogen (secondary N) is 1. The fraction of sp³-hybridized carbons (Fsp3) is 0.565. The molecule has 2 amide bonds. The molecule has 3 aromatic carbocycles. The molecule has 0 aromatic heterocycles. The number of anilines is 1. The van der Waals surface area contributed by atoms with Crippen LogP contribution in [0, 0.1) is 29.1 Å². The summed E-state index contributed by atoms with van der Waals surface area (Å²) in [5.41, 5.74) is 5.24. The smallest absolute Gasteiger partial charge is 0.253 e. The third-order valence-electron chi connectivity index (χ3n) is 13.4. The van der Waals surface area contributed by atoms with Gasteiger partial charge in [0.2, 0.25) is 5.91 Å². The highest BCUT2D eigenvalue weighted by Gasteiger charge is 2.57. The summed E-state index contributed by atoms with van der Waals surface area (Å²) in [6, 6.07) is 21.1. The minimum absolute atomic E-state index is 0.0354. The molecule has 57 heavy (non-hydrogen) atoms. The Kier molecular flexibility index (Phi) is 13.1. The molecule has 1 heterocycles. The summed E-state index contributed by atoms with van der Waals surface area (Å²) in [5.74, 6) is 1.12. The topological polar surface area (TPSA) is 118 Å². The van der Waals surface area contributed by atoms with Gasteiger partial charge in [-0.05, 0) is 92.8 Å². The van der Waals surface area contributed by atoms with E-state index in [4.69, 9.17) is 9.57 Å². The van der Waals surface area contributed by atoms with Crippen LogP contribution in [0.25, 0.3) is 11.1 Å². The van der Waals surface area contributed by atoms with Crippen LogP contribution in [0.1, 0.15) is 62.0 Å². The predicted octanol–water partition coefficient (Wildman–Crippen LogP) is 5.33. The lowest BCUT2D eigenvalue weighted by atomic mass is 9.45. The molecule has 3 saturated carbocycles. The second-order valence-corrected chi connectivity index (χ2v) is 17.9. The Morgan fingerprint density at radius 1 is 1.02 bits per heavy atom. The van der Waals surface area contributed by atoms with Crippen LogP contribution in [-0.2, 0) is 22.6 Å². The SMILES string of the molecule is COc1c(CN2O[C@@H](CO)[C@@H]([C@H](C)O)[C@H]2C(=O)N[C@H]2C[C@@H]3C[C@H]([C@@H]2C)C3(C)C)cccc1-c1cc(C(=O)N(C)[C@@H](Cc2ccccc2)CN(C)C)cc(N(C)C)c1. The predicted molar refractivity (Wildman–Crippen MR) is 225 cm³/mol. The van der Waals surface area contributed by atoms with Crippen molar-refractivity contribution in [1.82, 2.24) is 20.2 Å². The number of aliphatic hydroxyl groups excluding tert-OH is 2. The van der Waals surface area contributed by atoms with Gasteiger partial charge in [0, 0.05) is 68.1 Å². The molecule has 3 aliphatic carbocycles. The second kappa shape index (κ2) is 17.5. The molecule has 2 bridgehead atoms. The van der Waals surface area contributed by atoms with E-state index in [-0.39, 0.29) is 42.5 Å². The van der Waals surface area contributed by atoms with Gasteiger partial charge in [0.1, 0.15) is 17.9 Å². The zero-order valence-electron chi connectivity index (χ0n) is 35.6. The maximum absolute atomic E-state index is 14.4. The van der Waals surface area contributed by atoms with Gasteiger partial charge in [-0.3, -0.25) is 14.4 Å². The maximum Gasteiger partial charge on any atom is 0.253 e. The Bertz CT molecular complexity index is 1870. The molecule has 3 aromatic rings. The minimum Gasteiger partial charge on any atom is -0.496 e. The lowest BCUT2D eigenvalue weighted by Crippen LogP contribution is -2.62. The summed E-state index contributed by atoms with van der Waals surface area (Å²) in [5, 5.41) is 26.4. The van der Waals surface area contributed by atoms with Gasteiger partial charge in [0.15, 0.2) is 0 Å². The molecule has 1 aliphatic heterocycles. The molecule has 11 nitrogen and oxygen atoms in total. The molecular weight excluding hydrogens is 719 g/mol. The Balaban J connectivity index is 1.30. The largest absolute Gasteiger partial charge is 0.496 e. The van der Waals surface area contributed by atoms with Crippen LogP contribution in [0.3, 0.4) is 0 Å². The number of benzene rings is 3. The first kappa shape index (κ1) is 42.6. The monoisotopic (exact) mass is 783 g/mol. The Hall–Kier alpha value is -4.00. The molecule has 1 saturated heterocycles. The van der Waals surface area contributed by atoms with E-state index >= 15 is 0 Å². The van der Waals surface area contributed by atoms with Gasteiger partial charge >= 0.3 is 0 Å². The number of rotatable bonds is 15. The molecule has 9 atom stereocenters. The highest BCUT2D eigenvalue weighted by molar-refractivity contribution is 5.97. The van der Waals surface area contributed by atoms with Crippen LogP contribution in [0.2, 0.25) is 0 Å². The van der Waals surface area contributed by atoms with Gasteiger partial charge in [-0.2, -0.15) is 5.06 Å². The summed E-state index contributed by atoms with van der Waals surface area (Å²) in [7, 11) is 11.5. The zero-order chi connectivity index (χ0) is 41.3. The van der Waals surface area contributed by atoms with Crippen molar-refractivity contribution in [3.05, 3.63) is 83.4 Å². The highest BCUT2D eigenvalue weighted by Crippen LogP contribution is 2.61. The van der Waals surface area contributed by atoms with E-state index in [2.05, 4.69) is 43.1 Å². The number of likely N-dealkylation sites (N-methyl/N-ethyl adjacent to an activating group) is 2. The number of hydrogen-bond donors (Lipinski definition) is 3. The van der Waals surface area contributed by atoms with E-state index < -0.39 is 24.2 Å². The van der Waals surface area contributed by atoms with Gasteiger partial charge in [0.05, 0.1) is 26.4 Å². The van der Waals surface area contributed by atoms with Crippen LogP contribution in [0.5, 0.6) is 5.75 Å². The fourth-order valence-corrected chi connectivity index (χ4v) is 9.98. The Labute approximate surface area is 339 Å². The lowest BCUT2D eigenvalue weighted by molar-refractivity contribution is -0.183. The first-order valence-corrected chi connectivity index (χ1v) is 20.5. The molecule has 7 rings (SSSR count). The maximum atomic E-state index is 14.4. The van der Waals surface area contributed by atoms with E-state index in [0.29, 0.717) is 35.6 Å². The quantitative estimate of drug-likeness (QED) is 0.188. The molecule has 310 valence electrons. The van der Waals surface area contributed by atoms with E-state index in [1.807, 2.05) is 99.6 Å². The van der Waals surface area contributed by atoms with Crippen LogP contribution in [0.4, 0.5) is 5.69 Å². The van der Waals surface area contributed by atoms with Gasteiger partial charge < -0.3 is 35.0 Å². The highest BCUT2D eigenvalue weighted by atomic mass is 16.7. The number of nitrogens with zero attached hydrogens (tertiary/aromatic N) is 4. The number of fused-ring (bicyclic) bond motifs is 2. The molecule has 0 radical (unpaired) electrons. The minimum atomic E-state index is -0.903. The van der Waals surface area contributed by atoms with Crippen molar-refractivity contribution in [2.45, 2.75) is 83.8 Å². The number of methoxy groups -OCH3 is 1. The first-order valence-electron chi connectivity index (χ1n) is 20.5. The van der Waals surface area contributed by atoms with Crippen molar-refractivity contribution >= 4 is 17.5 Å². The molecule has 0 unspecified atom stereocenters. The van der Waals surface area contributed by atoms with Gasteiger partial charge in [-0.1, -0.05) is 69.3 Å². The molecule has 11 heteroatoms. The lowest BCUT2D eigenvalue weighted by Gasteiger charge is -2.62. The summed E-state index contributed by atoms with van der Waals surface area (Å²) in [4.78, 5) is 41.0. The van der Waals surface area contributed by atoms with E-state index in [1.54, 1.807) is 19.1 Å². The van der Waals surface area contributed by atoms with Crippen molar-refractivity contribution in [2.75, 3.05) is 60.4 Å². The summed E-state index contributed by atoms with van der Waals surface area (Å²) < 4.78 is 6.14. The average Bonchev–Trinajstić information content (AvgIpc) is 3.56. The van der Waals surface area contributed by atoms with Crippen molar-refractivity contribution in [1.29, 1.82) is 0 Å². The zero-order valence-corrected chi connectivity index (χ0v) is 35.6. The van der Waals surface area contributed by atoms with Crippen molar-refractivity contribution in [3.63, 3.8) is 0 Å². The number of aliphatic hydroxyl groups is 2. The van der Waals surface area contributed by atoms with Crippen molar-refractivity contribution in [3.8, 4) is 16.9 Å². The summed E-state index contributed by atoms with van der Waals surface area (Å²) in [6.45, 7) is 9.11. The number of hydroxylamine groups is 2. The molecule has 4 fully saturated rings. The Morgan fingerprint density at radius 2 is 1.74 bits per heavy atom. The van der Waals surface area contributed by atoms with Gasteiger partial charge in [-0.15, -0.1) is 0 Å². The van der Waals surface area contributed by atoms with Crippen LogP contribution < -0.4 is 15.0 Å². The third-order valence-corrected chi connectivity index (χ3v) is 13.4. The third kappa shape index (κ3) is 8.73. The van der Waals surface area contributed by atoms with Gasteiger partial charge in [-0.25, -0.2) is 0 Å². The number of amides is 2. The molecule has 3 N–H and O–H groups in total. The van der Waals surface area contributed by atoms with E-state index in [9.17, 15) is 19.8 Å². The standard InChI is InChI=1S/C46H65N5O6/c1-28-38-23-34(46(38,3)4)24-39(28)47-44(54)42-41(29(2)53)40(27-52)57-51(42)25-31-17-14-18-37(43(31)56-10)32-20-33(22-35(21-32)49(7)8)45(55)50(9)36(26-48(5)6)19-30-15-12-11-13-16-30/h11-18,20-22,28-29,34,36,38-42,52-53H,19,23-27H2,1-10H3,(H,47,54)/t28-,29-,34-,36-,38+,39-,40-,41+,42-/m0/s1.